The van der Waals surface area contributed by atoms with Crippen molar-refractivity contribution < 1.29 is 33.2 Å². The van der Waals surface area contributed by atoms with Gasteiger partial charge in [-0.1, -0.05) is 12.1 Å². The van der Waals surface area contributed by atoms with Crippen molar-refractivity contribution >= 4 is 29.2 Å². The van der Waals surface area contributed by atoms with E-state index in [0.717, 1.165) is 6.42 Å². The first-order valence-corrected chi connectivity index (χ1v) is 11.4. The van der Waals surface area contributed by atoms with Crippen LogP contribution in [0.4, 0.5) is 5.69 Å². The fourth-order valence-corrected chi connectivity index (χ4v) is 4.00. The van der Waals surface area contributed by atoms with E-state index in [4.69, 9.17) is 9.15 Å². The summed E-state index contributed by atoms with van der Waals surface area (Å²) < 4.78 is 15.9. The molecule has 0 saturated heterocycles. The third kappa shape index (κ3) is 5.72. The molecule has 0 saturated carbocycles. The van der Waals surface area contributed by atoms with Crippen LogP contribution in [0.1, 0.15) is 56.2 Å². The van der Waals surface area contributed by atoms with Crippen LogP contribution in [0.3, 0.4) is 0 Å². The average Bonchev–Trinajstić information content (AvgIpc) is 3.25. The number of methoxy groups -OCH3 is 1. The molecule has 1 amide bonds. The lowest BCUT2D eigenvalue weighted by Gasteiger charge is -2.13. The van der Waals surface area contributed by atoms with Crippen molar-refractivity contribution in [2.75, 3.05) is 7.11 Å². The Morgan fingerprint density at radius 1 is 1.05 bits per heavy atom. The monoisotopic (exact) mass is 505 g/mol. The van der Waals surface area contributed by atoms with E-state index in [0.29, 0.717) is 46.6 Å². The molecule has 1 aliphatic rings. The Morgan fingerprint density at radius 2 is 1.76 bits per heavy atom. The number of ether oxygens (including phenoxy) is 2. The van der Waals surface area contributed by atoms with Gasteiger partial charge in [-0.15, -0.1) is 0 Å². The number of non-ortho nitro benzene ring substituents is 1. The van der Waals surface area contributed by atoms with Crippen molar-refractivity contribution in [2.24, 2.45) is 5.10 Å². The van der Waals surface area contributed by atoms with Gasteiger partial charge in [0.2, 0.25) is 11.7 Å². The molecule has 190 valence electrons. The van der Waals surface area contributed by atoms with Gasteiger partial charge >= 0.3 is 11.9 Å². The molecule has 1 aromatic heterocycles. The Balaban J connectivity index is 1.45. The van der Waals surface area contributed by atoms with Crippen molar-refractivity contribution in [1.29, 1.82) is 0 Å². The number of carbonyl (C=O) groups excluding carboxylic acids is 3. The van der Waals surface area contributed by atoms with Crippen molar-refractivity contribution in [3.63, 3.8) is 0 Å². The Bertz CT molecular complexity index is 1390. The molecule has 3 aromatic rings. The summed E-state index contributed by atoms with van der Waals surface area (Å²) in [4.78, 5) is 47.0. The highest BCUT2D eigenvalue weighted by Gasteiger charge is 2.29. The highest BCUT2D eigenvalue weighted by Crippen LogP contribution is 2.30. The van der Waals surface area contributed by atoms with Crippen molar-refractivity contribution in [3.8, 4) is 5.75 Å². The third-order valence-electron chi connectivity index (χ3n) is 5.82. The number of carbonyl (C=O) groups is 3. The Hall–Kier alpha value is -4.80. The van der Waals surface area contributed by atoms with Crippen LogP contribution in [0.25, 0.3) is 0 Å². The topological polar surface area (TPSA) is 150 Å². The fourth-order valence-electron chi connectivity index (χ4n) is 4.00. The minimum atomic E-state index is -0.695. The molecule has 0 fully saturated rings. The van der Waals surface area contributed by atoms with Crippen LogP contribution in [0, 0.1) is 17.0 Å². The smallest absolute Gasteiger partial charge is 0.379 e. The predicted molar refractivity (Wildman–Crippen MR) is 131 cm³/mol. The number of esters is 2. The minimum Gasteiger partial charge on any atom is -0.465 e. The summed E-state index contributed by atoms with van der Waals surface area (Å²) in [6.07, 6.45) is 1.90. The van der Waals surface area contributed by atoms with Gasteiger partial charge in [-0.3, -0.25) is 14.9 Å². The van der Waals surface area contributed by atoms with Crippen molar-refractivity contribution in [1.82, 2.24) is 5.43 Å². The number of fused-ring (bicyclic) bond motifs is 1. The van der Waals surface area contributed by atoms with Crippen molar-refractivity contribution in [2.45, 2.75) is 32.6 Å². The van der Waals surface area contributed by atoms with E-state index in [2.05, 4.69) is 15.3 Å². The third-order valence-corrected chi connectivity index (χ3v) is 5.82. The highest BCUT2D eigenvalue weighted by atomic mass is 16.6. The van der Waals surface area contributed by atoms with Gasteiger partial charge in [-0.2, -0.15) is 5.10 Å². The summed E-state index contributed by atoms with van der Waals surface area (Å²) in [5, 5.41) is 15.0. The number of aryl methyl sites for hydroxylation is 1. The number of nitrogens with zero attached hydrogens (tertiary/aromatic N) is 2. The van der Waals surface area contributed by atoms with Crippen LogP contribution in [-0.2, 0) is 22.4 Å². The molecule has 0 atom stereocenters. The molecule has 1 N–H and O–H groups in total. The molecular formula is C26H23N3O8. The van der Waals surface area contributed by atoms with E-state index >= 15 is 0 Å². The largest absolute Gasteiger partial charge is 0.465 e. The van der Waals surface area contributed by atoms with Gasteiger partial charge in [0.05, 0.1) is 29.7 Å². The zero-order valence-electron chi connectivity index (χ0n) is 20.1. The first-order valence-electron chi connectivity index (χ1n) is 11.4. The molecule has 1 heterocycles. The summed E-state index contributed by atoms with van der Waals surface area (Å²) in [6, 6.07) is 11.6. The molecule has 37 heavy (non-hydrogen) atoms. The number of hydrazone groups is 1. The van der Waals surface area contributed by atoms with E-state index in [-0.39, 0.29) is 29.5 Å². The van der Waals surface area contributed by atoms with E-state index < -0.39 is 16.9 Å². The first-order chi connectivity index (χ1) is 17.8. The summed E-state index contributed by atoms with van der Waals surface area (Å²) in [6.45, 7) is 1.72. The minimum absolute atomic E-state index is 0.00164. The summed E-state index contributed by atoms with van der Waals surface area (Å²) >= 11 is 0. The van der Waals surface area contributed by atoms with Crippen LogP contribution >= 0.6 is 0 Å². The predicted octanol–water partition coefficient (Wildman–Crippen LogP) is 3.90. The van der Waals surface area contributed by atoms with E-state index in [1.807, 2.05) is 0 Å². The van der Waals surface area contributed by atoms with Gasteiger partial charge in [0.25, 0.3) is 5.69 Å². The number of furan rings is 1. The van der Waals surface area contributed by atoms with Crippen LogP contribution in [0.5, 0.6) is 5.75 Å². The highest BCUT2D eigenvalue weighted by molar-refractivity contribution is 6.06. The Labute approximate surface area is 211 Å². The van der Waals surface area contributed by atoms with Gasteiger partial charge in [0.1, 0.15) is 11.5 Å². The van der Waals surface area contributed by atoms with Crippen LogP contribution in [-0.4, -0.2) is 35.6 Å². The molecule has 0 unspecified atom stereocenters. The zero-order chi connectivity index (χ0) is 26.5. The van der Waals surface area contributed by atoms with Gasteiger partial charge in [0.15, 0.2) is 0 Å². The summed E-state index contributed by atoms with van der Waals surface area (Å²) in [5.41, 5.74) is 5.20. The van der Waals surface area contributed by atoms with E-state index in [1.165, 1.54) is 55.6 Å². The molecular weight excluding hydrogens is 482 g/mol. The second-order valence-electron chi connectivity index (χ2n) is 8.31. The Morgan fingerprint density at radius 3 is 2.41 bits per heavy atom. The molecule has 11 heteroatoms. The number of hydrogen-bond donors (Lipinski definition) is 1. The molecule has 1 aliphatic carbocycles. The number of amides is 1. The molecule has 0 bridgehead atoms. The standard InChI is InChI=1S/C26H23N3O8/c1-15-23-20(27-28-22(30)14-16-6-10-18(11-7-16)29(33)34)4-3-5-21(23)37-24(15)26(32)36-19-12-8-17(9-13-19)25(31)35-2/h6-13H,3-5,14H2,1-2H3,(H,28,30)/b27-20+. The first kappa shape index (κ1) is 25.3. The molecule has 0 radical (unpaired) electrons. The molecule has 0 spiro atoms. The number of benzene rings is 2. The quantitative estimate of drug-likeness (QED) is 0.220. The maximum absolute atomic E-state index is 12.8. The number of nitro groups is 1. The summed E-state index contributed by atoms with van der Waals surface area (Å²) in [7, 11) is 1.28. The molecule has 0 aliphatic heterocycles. The average molecular weight is 505 g/mol. The van der Waals surface area contributed by atoms with Gasteiger partial charge in [0, 0.05) is 29.7 Å². The molecule has 11 nitrogen and oxygen atoms in total. The number of nitrogens with one attached hydrogen (secondary N) is 1. The zero-order valence-corrected chi connectivity index (χ0v) is 20.1. The normalized spacial score (nSPS) is 13.5. The maximum atomic E-state index is 12.8. The second kappa shape index (κ2) is 10.9. The van der Waals surface area contributed by atoms with Crippen LogP contribution in [0.15, 0.2) is 58.0 Å². The lowest BCUT2D eigenvalue weighted by Crippen LogP contribution is -2.23. The van der Waals surface area contributed by atoms with Gasteiger partial charge < -0.3 is 13.9 Å². The number of rotatable bonds is 7. The SMILES string of the molecule is COC(=O)c1ccc(OC(=O)c2oc3c(c2C)/C(=N/NC(=O)Cc2ccc([N+](=O)[O-])cc2)CCC3)cc1. The van der Waals surface area contributed by atoms with E-state index in [9.17, 15) is 24.5 Å². The molecule has 4 rings (SSSR count). The number of hydrogen-bond acceptors (Lipinski definition) is 9. The van der Waals surface area contributed by atoms with E-state index in [1.54, 1.807) is 6.92 Å². The van der Waals surface area contributed by atoms with Crippen LogP contribution < -0.4 is 10.2 Å². The van der Waals surface area contributed by atoms with Gasteiger partial charge in [-0.05, 0) is 49.6 Å². The van der Waals surface area contributed by atoms with Gasteiger partial charge in [-0.25, -0.2) is 15.0 Å². The lowest BCUT2D eigenvalue weighted by atomic mass is 9.93. The maximum Gasteiger partial charge on any atom is 0.379 e. The van der Waals surface area contributed by atoms with Crippen LogP contribution in [0.2, 0.25) is 0 Å². The number of nitro benzene ring substituents is 1. The second-order valence-corrected chi connectivity index (χ2v) is 8.31. The lowest BCUT2D eigenvalue weighted by molar-refractivity contribution is -0.384. The molecule has 2 aromatic carbocycles. The Kier molecular flexibility index (Phi) is 7.42. The van der Waals surface area contributed by atoms with Crippen molar-refractivity contribution in [3.05, 3.63) is 92.4 Å². The summed E-state index contributed by atoms with van der Waals surface area (Å²) in [5.74, 6) is -0.726. The fraction of sp³-hybridized carbons (Fsp3) is 0.231.